The SMILES string of the molecule is CC(=O)NC(=O)[C@H](Cc1c[nH]c2ccccc12)NC(=O)[C@H](CCCN=C(N)N)NC(=O)[C@@H](CC(C)C)NC(=O)CNC(=O)[C@H](Cc1ccccc1)NC(C)=O. The Bertz CT molecular complexity index is 1840. The molecular formula is C38H52N10O7. The highest BCUT2D eigenvalue weighted by atomic mass is 16.2. The molecule has 0 fully saturated rings. The number of aliphatic imine (C=N–C) groups is 1. The number of fused-ring (bicyclic) bond motifs is 1. The zero-order valence-electron chi connectivity index (χ0n) is 31.6. The molecule has 0 aliphatic heterocycles. The number of para-hydroxylation sites is 1. The fourth-order valence-corrected chi connectivity index (χ4v) is 5.85. The molecule has 3 rings (SSSR count). The van der Waals surface area contributed by atoms with Crippen molar-refractivity contribution < 1.29 is 33.6 Å². The van der Waals surface area contributed by atoms with E-state index in [2.05, 4.69) is 41.9 Å². The Morgan fingerprint density at radius 3 is 2.00 bits per heavy atom. The normalized spacial score (nSPS) is 13.0. The molecule has 7 amide bonds. The molecule has 4 atom stereocenters. The minimum atomic E-state index is -1.21. The smallest absolute Gasteiger partial charge is 0.249 e. The summed E-state index contributed by atoms with van der Waals surface area (Å²) in [6, 6.07) is 12.0. The van der Waals surface area contributed by atoms with Crippen LogP contribution in [0.1, 0.15) is 58.1 Å². The lowest BCUT2D eigenvalue weighted by Crippen LogP contribution is -2.58. The number of benzene rings is 2. The summed E-state index contributed by atoms with van der Waals surface area (Å²) in [5.74, 6) is -4.68. The number of hydrogen-bond donors (Lipinski definition) is 9. The minimum absolute atomic E-state index is 0.0232. The molecule has 0 bridgehead atoms. The number of hydrogen-bond acceptors (Lipinski definition) is 8. The van der Waals surface area contributed by atoms with Gasteiger partial charge in [-0.15, -0.1) is 0 Å². The molecule has 0 spiro atoms. The van der Waals surface area contributed by atoms with E-state index in [0.29, 0.717) is 5.56 Å². The zero-order valence-corrected chi connectivity index (χ0v) is 31.6. The summed E-state index contributed by atoms with van der Waals surface area (Å²) in [6.45, 7) is 5.80. The second-order valence-electron chi connectivity index (χ2n) is 13.6. The number of nitrogens with two attached hydrogens (primary N) is 2. The van der Waals surface area contributed by atoms with Gasteiger partial charge in [0.1, 0.15) is 24.2 Å². The van der Waals surface area contributed by atoms with Crippen molar-refractivity contribution >= 4 is 58.2 Å². The average molecular weight is 761 g/mol. The summed E-state index contributed by atoms with van der Waals surface area (Å²) in [7, 11) is 0. The van der Waals surface area contributed by atoms with Gasteiger partial charge in [-0.05, 0) is 42.4 Å². The molecule has 0 aliphatic rings. The van der Waals surface area contributed by atoms with Gasteiger partial charge in [-0.25, -0.2) is 0 Å². The maximum atomic E-state index is 13.9. The van der Waals surface area contributed by atoms with Crippen LogP contribution in [0, 0.1) is 5.92 Å². The van der Waals surface area contributed by atoms with Crippen LogP contribution in [0.3, 0.4) is 0 Å². The van der Waals surface area contributed by atoms with Gasteiger partial charge >= 0.3 is 0 Å². The van der Waals surface area contributed by atoms with Gasteiger partial charge in [-0.3, -0.25) is 43.9 Å². The number of rotatable bonds is 20. The Kier molecular flexibility index (Phi) is 16.8. The summed E-state index contributed by atoms with van der Waals surface area (Å²) in [5.41, 5.74) is 13.2. The fraction of sp³-hybridized carbons (Fsp3) is 0.421. The van der Waals surface area contributed by atoms with E-state index in [1.54, 1.807) is 18.3 Å². The molecule has 0 unspecified atom stereocenters. The first-order chi connectivity index (χ1) is 26.1. The van der Waals surface area contributed by atoms with Crippen molar-refractivity contribution in [3.05, 3.63) is 71.9 Å². The van der Waals surface area contributed by atoms with E-state index < -0.39 is 72.1 Å². The van der Waals surface area contributed by atoms with Crippen molar-refractivity contribution in [2.45, 2.75) is 84.0 Å². The maximum Gasteiger partial charge on any atom is 0.249 e. The predicted octanol–water partition coefficient (Wildman–Crippen LogP) is -0.209. The lowest BCUT2D eigenvalue weighted by atomic mass is 10.0. The Balaban J connectivity index is 1.76. The fourth-order valence-electron chi connectivity index (χ4n) is 5.85. The second kappa shape index (κ2) is 21.4. The van der Waals surface area contributed by atoms with Crippen molar-refractivity contribution in [2.75, 3.05) is 13.1 Å². The third-order valence-electron chi connectivity index (χ3n) is 8.37. The van der Waals surface area contributed by atoms with E-state index in [9.17, 15) is 33.6 Å². The molecule has 0 aliphatic carbocycles. The van der Waals surface area contributed by atoms with Gasteiger partial charge in [0.15, 0.2) is 5.96 Å². The largest absolute Gasteiger partial charge is 0.370 e. The monoisotopic (exact) mass is 760 g/mol. The Hall–Kier alpha value is -6.26. The van der Waals surface area contributed by atoms with E-state index >= 15 is 0 Å². The van der Waals surface area contributed by atoms with Crippen LogP contribution in [0.4, 0.5) is 0 Å². The first-order valence-electron chi connectivity index (χ1n) is 18.0. The predicted molar refractivity (Wildman–Crippen MR) is 207 cm³/mol. The van der Waals surface area contributed by atoms with E-state index in [1.807, 2.05) is 56.3 Å². The number of guanidine groups is 1. The summed E-state index contributed by atoms with van der Waals surface area (Å²) in [4.78, 5) is 97.7. The van der Waals surface area contributed by atoms with Crippen LogP contribution in [-0.2, 0) is 46.4 Å². The van der Waals surface area contributed by atoms with Crippen molar-refractivity contribution in [1.82, 2.24) is 36.9 Å². The van der Waals surface area contributed by atoms with E-state index in [0.717, 1.165) is 16.5 Å². The Labute approximate surface area is 319 Å². The lowest BCUT2D eigenvalue weighted by Gasteiger charge is -2.26. The van der Waals surface area contributed by atoms with E-state index in [-0.39, 0.29) is 50.5 Å². The quantitative estimate of drug-likeness (QED) is 0.0418. The standard InChI is InChI=1S/C38H52N10O7/c1-22(2)17-30(46-33(51)21-43-34(52)31(44-23(3)49)18-25-11-6-5-7-12-25)37(55)47-29(15-10-16-41-38(39)40)35(53)48-32(36(54)45-24(4)50)19-26-20-42-28-14-9-8-13-27(26)28/h5-9,11-14,20,22,29-32,42H,10,15-19,21H2,1-4H3,(H,43,52)(H,44,49)(H,46,51)(H,47,55)(H,48,53)(H4,39,40,41)(H,45,50,54)/t29-,30+,31-,32-/m0/s1. The van der Waals surface area contributed by atoms with Crippen LogP contribution in [0.5, 0.6) is 0 Å². The first kappa shape index (κ1) is 43.1. The van der Waals surface area contributed by atoms with Gasteiger partial charge in [0.05, 0.1) is 6.54 Å². The second-order valence-corrected chi connectivity index (χ2v) is 13.6. The van der Waals surface area contributed by atoms with Crippen LogP contribution in [0.2, 0.25) is 0 Å². The first-order valence-corrected chi connectivity index (χ1v) is 18.0. The van der Waals surface area contributed by atoms with Crippen molar-refractivity contribution in [2.24, 2.45) is 22.4 Å². The topological polar surface area (TPSA) is 272 Å². The van der Waals surface area contributed by atoms with Gasteiger partial charge in [0, 0.05) is 50.3 Å². The number of aromatic amines is 1. The molecule has 0 radical (unpaired) electrons. The average Bonchev–Trinajstić information content (AvgIpc) is 3.53. The molecule has 1 aromatic heterocycles. The number of nitrogens with one attached hydrogen (secondary N) is 7. The maximum absolute atomic E-state index is 13.9. The number of imide groups is 1. The van der Waals surface area contributed by atoms with Crippen LogP contribution in [-0.4, -0.2) is 89.6 Å². The molecule has 55 heavy (non-hydrogen) atoms. The van der Waals surface area contributed by atoms with Gasteiger partial charge in [0.2, 0.25) is 41.4 Å². The molecule has 17 nitrogen and oxygen atoms in total. The minimum Gasteiger partial charge on any atom is -0.370 e. The van der Waals surface area contributed by atoms with Crippen LogP contribution >= 0.6 is 0 Å². The number of H-pyrrole nitrogens is 1. The molecular weight excluding hydrogens is 708 g/mol. The molecule has 0 saturated heterocycles. The van der Waals surface area contributed by atoms with E-state index in [1.165, 1.54) is 13.8 Å². The van der Waals surface area contributed by atoms with Crippen molar-refractivity contribution in [1.29, 1.82) is 0 Å². The molecule has 11 N–H and O–H groups in total. The number of carbonyl (C=O) groups excluding carboxylic acids is 7. The highest BCUT2D eigenvalue weighted by molar-refractivity contribution is 6.00. The molecule has 3 aromatic rings. The number of aromatic nitrogens is 1. The van der Waals surface area contributed by atoms with Crippen molar-refractivity contribution in [3.63, 3.8) is 0 Å². The van der Waals surface area contributed by atoms with Gasteiger partial charge in [-0.2, -0.15) is 0 Å². The summed E-state index contributed by atoms with van der Waals surface area (Å²) in [6.07, 6.45) is 2.42. The summed E-state index contributed by atoms with van der Waals surface area (Å²) in [5, 5.41) is 16.2. The summed E-state index contributed by atoms with van der Waals surface area (Å²) < 4.78 is 0. The van der Waals surface area contributed by atoms with Gasteiger partial charge < -0.3 is 43.0 Å². The molecule has 0 saturated carbocycles. The Morgan fingerprint density at radius 2 is 1.35 bits per heavy atom. The molecule has 1 heterocycles. The lowest BCUT2D eigenvalue weighted by molar-refractivity contribution is -0.135. The number of nitrogens with zero attached hydrogens (tertiary/aromatic N) is 1. The van der Waals surface area contributed by atoms with Crippen LogP contribution in [0.25, 0.3) is 10.9 Å². The van der Waals surface area contributed by atoms with Crippen molar-refractivity contribution in [3.8, 4) is 0 Å². The Morgan fingerprint density at radius 1 is 0.709 bits per heavy atom. The highest BCUT2D eigenvalue weighted by Gasteiger charge is 2.31. The highest BCUT2D eigenvalue weighted by Crippen LogP contribution is 2.19. The third kappa shape index (κ3) is 14.9. The van der Waals surface area contributed by atoms with Crippen LogP contribution in [0.15, 0.2) is 65.8 Å². The molecule has 296 valence electrons. The zero-order chi connectivity index (χ0) is 40.5. The molecule has 2 aromatic carbocycles. The van der Waals surface area contributed by atoms with Gasteiger partial charge in [-0.1, -0.05) is 62.4 Å². The van der Waals surface area contributed by atoms with Gasteiger partial charge in [0.25, 0.3) is 0 Å². The number of amides is 7. The third-order valence-corrected chi connectivity index (χ3v) is 8.37. The summed E-state index contributed by atoms with van der Waals surface area (Å²) >= 11 is 0. The number of carbonyl (C=O) groups is 7. The molecule has 17 heteroatoms. The van der Waals surface area contributed by atoms with E-state index in [4.69, 9.17) is 11.5 Å². The van der Waals surface area contributed by atoms with Crippen LogP contribution < -0.4 is 43.4 Å².